The molecule has 0 aromatic heterocycles. The number of carbonyl (C=O) groups is 1. The zero-order valence-electron chi connectivity index (χ0n) is 58.2. The van der Waals surface area contributed by atoms with Crippen molar-refractivity contribution >= 4 is 5.97 Å². The van der Waals surface area contributed by atoms with Crippen molar-refractivity contribution in [3.05, 3.63) is 11.6 Å². The number of hydrogen-bond acceptors (Lipinski definition) is 33. The maximum absolute atomic E-state index is 14.7. The first-order valence-corrected chi connectivity index (χ1v) is 35.3. The minimum atomic E-state index is -2.10. The van der Waals surface area contributed by atoms with Crippen LogP contribution in [0.4, 0.5) is 0 Å². The molecule has 17 N–H and O–H groups in total. The third kappa shape index (κ3) is 13.0. The summed E-state index contributed by atoms with van der Waals surface area (Å²) in [6.45, 7) is 11.9. The van der Waals surface area contributed by atoms with Gasteiger partial charge in [0.05, 0.1) is 51.3 Å². The number of aliphatic hydroxyl groups is 17. The Balaban J connectivity index is 0.843. The fourth-order valence-corrected chi connectivity index (χ4v) is 19.4. The Morgan fingerprint density at radius 1 is 0.520 bits per heavy atom. The molecule has 0 aromatic carbocycles. The highest BCUT2D eigenvalue weighted by atomic mass is 16.8. The highest BCUT2D eigenvalue weighted by Gasteiger charge is 2.85. The standard InChI is InChI=1S/C67H110O33/c1-26(2)12-11-16-65(8)66(85)19-18-64(7)28-13-14-35-62(4,5)37(15-17-63(35,6)29(28)20-36(72)67(64,66)61(84)100-65)95-60-54(42(77)34(25-88-60)94-56-47(82)52(40(75)32(23-70)90-56)97-57-45(80)50(86-9)38(73)30(21-68)91-57)99-55-44(79)43(78)49(27(3)89-55)96-59-48(83)53(41(76)33(24-71)93-59)98-58-46(81)51(87-10)39(74)31(22-69)92-58/h20,26-28,30-60,68-83,85H,11-19,21-25H2,1-10H3/t27-,28+,30-,31-,32-,33-,34-,35-,36+,37+,38-,39-,40-,41-,42+,43-,44-,45-,46-,47-,48-,49-,50+,51+,52+,53+,54-,55+,56+,57+,58+,59+,60+,63-,64+,65+,66+,67-/m1/s1. The lowest BCUT2D eigenvalue weighted by Crippen LogP contribution is -2.68. The molecule has 100 heavy (non-hydrogen) atoms. The van der Waals surface area contributed by atoms with E-state index in [1.54, 1.807) is 6.92 Å². The van der Waals surface area contributed by atoms with Gasteiger partial charge in [-0.15, -0.1) is 0 Å². The molecule has 0 radical (unpaired) electrons. The van der Waals surface area contributed by atoms with Gasteiger partial charge in [-0.1, -0.05) is 59.6 Å². The molecule has 10 fully saturated rings. The van der Waals surface area contributed by atoms with Crippen molar-refractivity contribution in [2.24, 2.45) is 39.4 Å². The molecule has 7 aliphatic heterocycles. The van der Waals surface area contributed by atoms with Gasteiger partial charge in [0.2, 0.25) is 0 Å². The number of aliphatic hydroxyl groups excluding tert-OH is 16. The summed E-state index contributed by atoms with van der Waals surface area (Å²) in [5.41, 5.74) is -5.73. The number of carbonyl (C=O) groups excluding carboxylic acids is 1. The molecular formula is C67H110O33. The van der Waals surface area contributed by atoms with Crippen molar-refractivity contribution < 1.29 is 163 Å². The summed E-state index contributed by atoms with van der Waals surface area (Å²) >= 11 is 0. The van der Waals surface area contributed by atoms with E-state index >= 15 is 0 Å². The Kier molecular flexibility index (Phi) is 23.9. The van der Waals surface area contributed by atoms with Crippen LogP contribution >= 0.6 is 0 Å². The number of esters is 1. The van der Waals surface area contributed by atoms with Crippen LogP contribution in [-0.4, -0.2) is 342 Å². The molecule has 0 bridgehead atoms. The van der Waals surface area contributed by atoms with E-state index < -0.39 is 262 Å². The number of fused-ring (bicyclic) bond motifs is 4. The lowest BCUT2D eigenvalue weighted by Gasteiger charge is -2.64. The average Bonchev–Trinajstić information content (AvgIpc) is 1.50. The topological polar surface area (TPSA) is 499 Å². The molecule has 7 heterocycles. The SMILES string of the molecule is CO[C@@H]1[C@@H](O)[C@H](O[C@@H]2[C@@H](O)[C@H](O[C@H]3[C@H](O)[C@@H](O)[C@H](O[C@H]4[C@H](O[C@H]5CC[C@]6(C)C7=C[C@H](O)[C@]89C(=O)O[C@@](C)(CCCC(C)C)[C@@]8(O)CC[C@@]9(C)[C@H]7CC[C@@H]6C5(C)C)OC[C@@H](O[C@@H]5O[C@H](CO)[C@@H](O)[C@H](O[C@@H]6O[C@H](CO)[C@@H](O)[C@H](OC)[C@H]6O)[C@H]5O)[C@@H]4O)O[C@@H]3C)O[C@H](CO)[C@H]2O)O[C@H](CO)[C@H]1O. The van der Waals surface area contributed by atoms with E-state index in [4.69, 9.17) is 71.1 Å². The number of hydrogen-bond donors (Lipinski definition) is 17. The van der Waals surface area contributed by atoms with E-state index in [2.05, 4.69) is 20.8 Å². The largest absolute Gasteiger partial charge is 0.456 e. The van der Waals surface area contributed by atoms with E-state index in [1.165, 1.54) is 21.1 Å². The van der Waals surface area contributed by atoms with Crippen LogP contribution in [0.25, 0.3) is 0 Å². The molecule has 33 heteroatoms. The Morgan fingerprint density at radius 3 is 1.49 bits per heavy atom. The van der Waals surface area contributed by atoms with Crippen molar-refractivity contribution in [2.75, 3.05) is 47.3 Å². The molecule has 0 aromatic rings. The van der Waals surface area contributed by atoms with Gasteiger partial charge in [0.1, 0.15) is 151 Å². The molecule has 11 aliphatic rings. The number of rotatable bonds is 22. The third-order valence-corrected chi connectivity index (χ3v) is 25.1. The number of ether oxygens (including phenoxy) is 15. The molecule has 576 valence electrons. The van der Waals surface area contributed by atoms with Gasteiger partial charge in [0.15, 0.2) is 37.7 Å². The maximum atomic E-state index is 14.7. The summed E-state index contributed by atoms with van der Waals surface area (Å²) in [4.78, 5) is 14.7. The van der Waals surface area contributed by atoms with E-state index in [9.17, 15) is 91.6 Å². The van der Waals surface area contributed by atoms with Gasteiger partial charge in [-0.2, -0.15) is 0 Å². The maximum Gasteiger partial charge on any atom is 0.319 e. The Labute approximate surface area is 579 Å². The molecule has 3 saturated carbocycles. The Morgan fingerprint density at radius 2 is 0.990 bits per heavy atom. The van der Waals surface area contributed by atoms with E-state index in [0.717, 1.165) is 18.4 Å². The highest BCUT2D eigenvalue weighted by Crippen LogP contribution is 2.77. The van der Waals surface area contributed by atoms with Crippen LogP contribution in [0.5, 0.6) is 0 Å². The summed E-state index contributed by atoms with van der Waals surface area (Å²) in [5, 5.41) is 193. The van der Waals surface area contributed by atoms with Crippen LogP contribution < -0.4 is 0 Å². The number of allylic oxidation sites excluding steroid dienone is 1. The molecule has 1 spiro atoms. The van der Waals surface area contributed by atoms with Gasteiger partial charge < -0.3 is 158 Å². The Bertz CT molecular complexity index is 2790. The number of cyclic esters (lactones) is 1. The summed E-state index contributed by atoms with van der Waals surface area (Å²) in [5.74, 6) is -0.568. The van der Waals surface area contributed by atoms with Gasteiger partial charge in [0.25, 0.3) is 0 Å². The Hall–Kier alpha value is -2.03. The second kappa shape index (κ2) is 30.2. The minimum Gasteiger partial charge on any atom is -0.456 e. The van der Waals surface area contributed by atoms with Crippen molar-refractivity contribution in [3.63, 3.8) is 0 Å². The molecular weight excluding hydrogens is 1330 g/mol. The average molecular weight is 1440 g/mol. The van der Waals surface area contributed by atoms with Gasteiger partial charge >= 0.3 is 5.97 Å². The van der Waals surface area contributed by atoms with Crippen LogP contribution in [0.15, 0.2) is 11.6 Å². The monoisotopic (exact) mass is 1440 g/mol. The summed E-state index contributed by atoms with van der Waals surface area (Å²) in [6.07, 6.45) is -45.0. The first kappa shape index (κ1) is 79.0. The van der Waals surface area contributed by atoms with Gasteiger partial charge in [-0.05, 0) is 99.2 Å². The van der Waals surface area contributed by atoms with Crippen molar-refractivity contribution in [1.82, 2.24) is 0 Å². The fraction of sp³-hybridized carbons (Fsp3) is 0.955. The van der Waals surface area contributed by atoms with Crippen LogP contribution in [-0.2, 0) is 75.8 Å². The lowest BCUT2D eigenvalue weighted by molar-refractivity contribution is -0.397. The summed E-state index contributed by atoms with van der Waals surface area (Å²) in [7, 11) is 2.35. The van der Waals surface area contributed by atoms with Crippen molar-refractivity contribution in [3.8, 4) is 0 Å². The van der Waals surface area contributed by atoms with Gasteiger partial charge in [0, 0.05) is 14.2 Å². The van der Waals surface area contributed by atoms with Gasteiger partial charge in [-0.25, -0.2) is 0 Å². The quantitative estimate of drug-likeness (QED) is 0.0274. The second-order valence-electron chi connectivity index (χ2n) is 31.3. The molecule has 0 amide bonds. The number of methoxy groups -OCH3 is 2. The van der Waals surface area contributed by atoms with Crippen molar-refractivity contribution in [1.29, 1.82) is 0 Å². The smallest absolute Gasteiger partial charge is 0.319 e. The predicted molar refractivity (Wildman–Crippen MR) is 333 cm³/mol. The minimum absolute atomic E-state index is 0.161. The van der Waals surface area contributed by atoms with Crippen LogP contribution in [0.2, 0.25) is 0 Å². The van der Waals surface area contributed by atoms with Gasteiger partial charge in [-0.3, -0.25) is 4.79 Å². The molecule has 4 aliphatic carbocycles. The zero-order chi connectivity index (χ0) is 73.0. The third-order valence-electron chi connectivity index (χ3n) is 25.1. The molecule has 11 rings (SSSR count). The second-order valence-corrected chi connectivity index (χ2v) is 31.3. The van der Waals surface area contributed by atoms with E-state index in [0.29, 0.717) is 44.4 Å². The lowest BCUT2D eigenvalue weighted by atomic mass is 9.40. The predicted octanol–water partition coefficient (Wildman–Crippen LogP) is -4.92. The molecule has 0 unspecified atom stereocenters. The van der Waals surface area contributed by atoms with Crippen molar-refractivity contribution in [2.45, 2.75) is 315 Å². The van der Waals surface area contributed by atoms with Crippen LogP contribution in [0, 0.1) is 39.4 Å². The highest BCUT2D eigenvalue weighted by molar-refractivity contribution is 5.86. The molecule has 33 nitrogen and oxygen atoms in total. The summed E-state index contributed by atoms with van der Waals surface area (Å²) in [6, 6.07) is 0. The van der Waals surface area contributed by atoms with Crippen LogP contribution in [0.1, 0.15) is 113 Å². The normalized spacial score (nSPS) is 53.3. The van der Waals surface area contributed by atoms with Crippen LogP contribution in [0.3, 0.4) is 0 Å². The first-order chi connectivity index (χ1) is 47.1. The van der Waals surface area contributed by atoms with E-state index in [1.807, 2.05) is 26.8 Å². The molecule has 38 atom stereocenters. The fourth-order valence-electron chi connectivity index (χ4n) is 19.4. The molecule has 7 saturated heterocycles. The first-order valence-electron chi connectivity index (χ1n) is 35.3. The summed E-state index contributed by atoms with van der Waals surface area (Å²) < 4.78 is 90.0. The zero-order valence-corrected chi connectivity index (χ0v) is 58.2. The van der Waals surface area contributed by atoms with E-state index in [-0.39, 0.29) is 18.3 Å².